The summed E-state index contributed by atoms with van der Waals surface area (Å²) in [7, 11) is 0. The molecule has 0 radical (unpaired) electrons. The zero-order chi connectivity index (χ0) is 13.1. The quantitative estimate of drug-likeness (QED) is 0.591. The first-order valence-corrected chi connectivity index (χ1v) is 6.03. The van der Waals surface area contributed by atoms with Gasteiger partial charge in [0.2, 0.25) is 0 Å². The van der Waals surface area contributed by atoms with Crippen molar-refractivity contribution < 1.29 is 19.1 Å². The van der Waals surface area contributed by atoms with Crippen LogP contribution in [0.1, 0.15) is 34.1 Å². The zero-order valence-corrected chi connectivity index (χ0v) is 10.9. The van der Waals surface area contributed by atoms with Crippen molar-refractivity contribution in [3.8, 4) is 0 Å². The number of rotatable bonds is 4. The highest BCUT2D eigenvalue weighted by atomic mass is 16.7. The molecule has 17 heavy (non-hydrogen) atoms. The van der Waals surface area contributed by atoms with Gasteiger partial charge in [-0.15, -0.1) is 0 Å². The molecule has 0 aromatic carbocycles. The summed E-state index contributed by atoms with van der Waals surface area (Å²) in [6.45, 7) is 8.05. The number of esters is 2. The van der Waals surface area contributed by atoms with Crippen molar-refractivity contribution >= 4 is 11.9 Å². The van der Waals surface area contributed by atoms with E-state index in [1.807, 2.05) is 0 Å². The van der Waals surface area contributed by atoms with Crippen LogP contribution in [-0.4, -0.2) is 30.8 Å². The molecule has 1 aliphatic rings. The Morgan fingerprint density at radius 3 is 1.82 bits per heavy atom. The van der Waals surface area contributed by atoms with Crippen LogP contribution in [0.25, 0.3) is 0 Å². The fraction of sp³-hybridized carbons (Fsp3) is 0.833. The van der Waals surface area contributed by atoms with Crippen LogP contribution >= 0.6 is 0 Å². The molecular formula is C12H21NO4. The van der Waals surface area contributed by atoms with E-state index >= 15 is 0 Å². The summed E-state index contributed by atoms with van der Waals surface area (Å²) in [4.78, 5) is 23.2. The summed E-state index contributed by atoms with van der Waals surface area (Å²) in [5.41, 5.74) is 0. The minimum Gasteiger partial charge on any atom is -0.421 e. The second kappa shape index (κ2) is 5.49. The number of hydrogen-bond acceptors (Lipinski definition) is 5. The molecule has 0 saturated carbocycles. The zero-order valence-electron chi connectivity index (χ0n) is 10.9. The number of carbonyl (C=O) groups excluding carboxylic acids is 2. The lowest BCUT2D eigenvalue weighted by Crippen LogP contribution is -2.43. The van der Waals surface area contributed by atoms with E-state index in [1.54, 1.807) is 27.7 Å². The van der Waals surface area contributed by atoms with E-state index < -0.39 is 5.79 Å². The topological polar surface area (TPSA) is 64.6 Å². The van der Waals surface area contributed by atoms with Crippen LogP contribution in [-0.2, 0) is 19.1 Å². The van der Waals surface area contributed by atoms with Gasteiger partial charge in [-0.1, -0.05) is 27.7 Å². The first-order chi connectivity index (χ1) is 7.86. The van der Waals surface area contributed by atoms with E-state index in [0.29, 0.717) is 19.5 Å². The van der Waals surface area contributed by atoms with Crippen molar-refractivity contribution in [1.29, 1.82) is 0 Å². The molecule has 1 saturated heterocycles. The van der Waals surface area contributed by atoms with Crippen LogP contribution in [0.15, 0.2) is 0 Å². The average molecular weight is 243 g/mol. The average Bonchev–Trinajstić information content (AvgIpc) is 2.66. The van der Waals surface area contributed by atoms with E-state index in [2.05, 4.69) is 5.32 Å². The molecule has 1 N–H and O–H groups in total. The van der Waals surface area contributed by atoms with Crippen molar-refractivity contribution in [2.24, 2.45) is 11.8 Å². The fourth-order valence-corrected chi connectivity index (χ4v) is 1.44. The second-order valence-corrected chi connectivity index (χ2v) is 4.99. The molecule has 0 spiro atoms. The normalized spacial score (nSPS) is 18.5. The number of nitrogens with one attached hydrogen (secondary N) is 1. The van der Waals surface area contributed by atoms with Crippen molar-refractivity contribution in [3.05, 3.63) is 0 Å². The monoisotopic (exact) mass is 243 g/mol. The Morgan fingerprint density at radius 2 is 1.53 bits per heavy atom. The van der Waals surface area contributed by atoms with E-state index in [9.17, 15) is 9.59 Å². The smallest absolute Gasteiger partial charge is 0.311 e. The van der Waals surface area contributed by atoms with Gasteiger partial charge in [-0.25, -0.2) is 0 Å². The van der Waals surface area contributed by atoms with Gasteiger partial charge < -0.3 is 14.8 Å². The minimum absolute atomic E-state index is 0.231. The van der Waals surface area contributed by atoms with Crippen LogP contribution in [0.5, 0.6) is 0 Å². The lowest BCUT2D eigenvalue weighted by Gasteiger charge is -2.29. The Morgan fingerprint density at radius 1 is 1.06 bits per heavy atom. The summed E-state index contributed by atoms with van der Waals surface area (Å²) in [6, 6.07) is 0. The van der Waals surface area contributed by atoms with Gasteiger partial charge in [-0.05, 0) is 0 Å². The van der Waals surface area contributed by atoms with Gasteiger partial charge in [-0.3, -0.25) is 9.59 Å². The summed E-state index contributed by atoms with van der Waals surface area (Å²) in [5.74, 6) is -2.26. The van der Waals surface area contributed by atoms with E-state index in [4.69, 9.17) is 9.47 Å². The van der Waals surface area contributed by atoms with Crippen molar-refractivity contribution in [3.63, 3.8) is 0 Å². The van der Waals surface area contributed by atoms with Gasteiger partial charge >= 0.3 is 11.9 Å². The molecule has 98 valence electrons. The van der Waals surface area contributed by atoms with E-state index in [1.165, 1.54) is 0 Å². The third-order valence-electron chi connectivity index (χ3n) is 2.59. The second-order valence-electron chi connectivity index (χ2n) is 4.99. The Hall–Kier alpha value is -1.10. The van der Waals surface area contributed by atoms with Crippen molar-refractivity contribution in [2.45, 2.75) is 39.9 Å². The first-order valence-electron chi connectivity index (χ1n) is 6.03. The Kier molecular flexibility index (Phi) is 4.51. The molecule has 0 atom stereocenters. The van der Waals surface area contributed by atoms with Crippen LogP contribution in [0.3, 0.4) is 0 Å². The standard InChI is InChI=1S/C12H21NO4/c1-8(2)10(14)16-12(5-6-13-7-12)17-11(15)9(3)4/h8-9,13H,5-7H2,1-4H3. The van der Waals surface area contributed by atoms with Crippen molar-refractivity contribution in [2.75, 3.05) is 13.1 Å². The summed E-state index contributed by atoms with van der Waals surface area (Å²) < 4.78 is 10.7. The molecule has 1 rings (SSSR count). The molecule has 1 fully saturated rings. The number of ether oxygens (including phenoxy) is 2. The molecule has 0 unspecified atom stereocenters. The molecule has 0 aromatic rings. The van der Waals surface area contributed by atoms with E-state index in [-0.39, 0.29) is 23.8 Å². The molecule has 1 aliphatic heterocycles. The molecule has 0 aliphatic carbocycles. The lowest BCUT2D eigenvalue weighted by atomic mass is 10.2. The highest BCUT2D eigenvalue weighted by molar-refractivity contribution is 5.74. The van der Waals surface area contributed by atoms with Gasteiger partial charge in [0.15, 0.2) is 0 Å². The van der Waals surface area contributed by atoms with Crippen LogP contribution in [0, 0.1) is 11.8 Å². The maximum Gasteiger partial charge on any atom is 0.311 e. The molecule has 0 aromatic heterocycles. The molecule has 5 nitrogen and oxygen atoms in total. The maximum atomic E-state index is 11.6. The number of carbonyl (C=O) groups is 2. The lowest BCUT2D eigenvalue weighted by molar-refractivity contribution is -0.226. The molecule has 0 amide bonds. The third-order valence-corrected chi connectivity index (χ3v) is 2.59. The minimum atomic E-state index is -1.11. The van der Waals surface area contributed by atoms with E-state index in [0.717, 1.165) is 0 Å². The SMILES string of the molecule is CC(C)C(=O)OC1(OC(=O)C(C)C)CCNC1. The van der Waals surface area contributed by atoms with Gasteiger partial charge in [-0.2, -0.15) is 0 Å². The Balaban J connectivity index is 2.69. The highest BCUT2D eigenvalue weighted by Crippen LogP contribution is 2.24. The van der Waals surface area contributed by atoms with Gasteiger partial charge in [0.25, 0.3) is 5.79 Å². The first kappa shape index (κ1) is 14.0. The molecule has 5 heteroatoms. The Labute approximate surface area is 102 Å². The van der Waals surface area contributed by atoms with Crippen LogP contribution in [0.2, 0.25) is 0 Å². The predicted molar refractivity (Wildman–Crippen MR) is 62.1 cm³/mol. The summed E-state index contributed by atoms with van der Waals surface area (Å²) in [5, 5.41) is 3.05. The Bertz CT molecular complexity index is 269. The molecule has 0 bridgehead atoms. The van der Waals surface area contributed by atoms with Gasteiger partial charge in [0.05, 0.1) is 18.4 Å². The van der Waals surface area contributed by atoms with Gasteiger partial charge in [0, 0.05) is 13.0 Å². The highest BCUT2D eigenvalue weighted by Gasteiger charge is 2.42. The largest absolute Gasteiger partial charge is 0.421 e. The molecule has 1 heterocycles. The van der Waals surface area contributed by atoms with Crippen LogP contribution < -0.4 is 5.32 Å². The predicted octanol–water partition coefficient (Wildman–Crippen LogP) is 1.07. The van der Waals surface area contributed by atoms with Crippen LogP contribution in [0.4, 0.5) is 0 Å². The maximum absolute atomic E-state index is 11.6. The van der Waals surface area contributed by atoms with Gasteiger partial charge in [0.1, 0.15) is 0 Å². The van der Waals surface area contributed by atoms with Crippen molar-refractivity contribution in [1.82, 2.24) is 5.32 Å². The summed E-state index contributed by atoms with van der Waals surface area (Å²) >= 11 is 0. The third kappa shape index (κ3) is 3.70. The summed E-state index contributed by atoms with van der Waals surface area (Å²) in [6.07, 6.45) is 0.504. The fourth-order valence-electron chi connectivity index (χ4n) is 1.44. The number of hydrogen-bond donors (Lipinski definition) is 1. The molecular weight excluding hydrogens is 222 g/mol.